The molecule has 1 aromatic heterocycles. The molecular formula is C21H12ClFN2O4. The Labute approximate surface area is 169 Å². The number of hydrogen-bond acceptors (Lipinski definition) is 6. The van der Waals surface area contributed by atoms with Gasteiger partial charge in [-0.05, 0) is 48.0 Å². The van der Waals surface area contributed by atoms with Crippen LogP contribution in [0.15, 0.2) is 59.9 Å². The van der Waals surface area contributed by atoms with Crippen LogP contribution < -0.4 is 0 Å². The third-order valence-corrected chi connectivity index (χ3v) is 4.28. The second-order valence-electron chi connectivity index (χ2n) is 5.86. The van der Waals surface area contributed by atoms with E-state index in [1.807, 2.05) is 0 Å². The maximum absolute atomic E-state index is 12.3. The summed E-state index contributed by atoms with van der Waals surface area (Å²) in [4.78, 5) is 29.4. The molecule has 0 aliphatic carbocycles. The van der Waals surface area contributed by atoms with E-state index in [9.17, 15) is 19.3 Å². The largest absolute Gasteiger partial charge is 0.508 e. The smallest absolute Gasteiger partial charge is 0.379 e. The number of aromatic hydroxyl groups is 1. The van der Waals surface area contributed by atoms with Gasteiger partial charge in [0.25, 0.3) is 0 Å². The summed E-state index contributed by atoms with van der Waals surface area (Å²) in [6, 6.07) is 12.1. The summed E-state index contributed by atoms with van der Waals surface area (Å²) >= 11 is 6.08. The number of carbonyl (C=O) groups is 1. The summed E-state index contributed by atoms with van der Waals surface area (Å²) in [7, 11) is 0. The van der Waals surface area contributed by atoms with Crippen molar-refractivity contribution in [3.05, 3.63) is 87.0 Å². The standard InChI is InChI=1S/C21H12ClFN2O4/c22-20-10-18(26)8-6-14(20)3-1-13-2-4-15(21(27)29-23)9-19(13)16-5-7-17(12-25-28)24-11-16/h2,4-11,26H,12H2. The van der Waals surface area contributed by atoms with E-state index in [0.717, 1.165) is 0 Å². The molecular weight excluding hydrogens is 399 g/mol. The van der Waals surface area contributed by atoms with Crippen molar-refractivity contribution in [3.8, 4) is 28.7 Å². The van der Waals surface area contributed by atoms with Gasteiger partial charge < -0.3 is 5.11 Å². The highest BCUT2D eigenvalue weighted by atomic mass is 35.5. The number of aromatic nitrogens is 1. The zero-order chi connectivity index (χ0) is 20.8. The predicted molar refractivity (Wildman–Crippen MR) is 105 cm³/mol. The van der Waals surface area contributed by atoms with Crippen molar-refractivity contribution >= 4 is 17.6 Å². The van der Waals surface area contributed by atoms with Crippen molar-refractivity contribution in [2.45, 2.75) is 6.54 Å². The summed E-state index contributed by atoms with van der Waals surface area (Å²) < 4.78 is 12.3. The lowest BCUT2D eigenvalue weighted by atomic mass is 9.98. The molecule has 0 aliphatic heterocycles. The molecule has 2 aromatic carbocycles. The van der Waals surface area contributed by atoms with E-state index in [-0.39, 0.29) is 22.9 Å². The highest BCUT2D eigenvalue weighted by Gasteiger charge is 2.13. The minimum atomic E-state index is -1.14. The number of carbonyl (C=O) groups excluding carboxylic acids is 1. The van der Waals surface area contributed by atoms with Gasteiger partial charge in [0.1, 0.15) is 12.3 Å². The molecule has 1 N–H and O–H groups in total. The first-order chi connectivity index (χ1) is 14.0. The molecule has 0 saturated heterocycles. The monoisotopic (exact) mass is 410 g/mol. The van der Waals surface area contributed by atoms with Gasteiger partial charge in [-0.2, -0.15) is 4.91 Å². The van der Waals surface area contributed by atoms with E-state index in [4.69, 9.17) is 11.6 Å². The van der Waals surface area contributed by atoms with Gasteiger partial charge >= 0.3 is 5.97 Å². The second kappa shape index (κ2) is 8.95. The van der Waals surface area contributed by atoms with Crippen LogP contribution in [-0.4, -0.2) is 16.1 Å². The zero-order valence-corrected chi connectivity index (χ0v) is 15.5. The van der Waals surface area contributed by atoms with Crippen molar-refractivity contribution in [1.29, 1.82) is 0 Å². The van der Waals surface area contributed by atoms with Gasteiger partial charge in [0, 0.05) is 27.4 Å². The van der Waals surface area contributed by atoms with E-state index in [2.05, 4.69) is 26.9 Å². The van der Waals surface area contributed by atoms with Gasteiger partial charge in [-0.3, -0.25) is 4.98 Å². The number of phenolic OH excluding ortho intramolecular Hbond substituents is 1. The van der Waals surface area contributed by atoms with E-state index >= 15 is 0 Å². The van der Waals surface area contributed by atoms with E-state index in [1.54, 1.807) is 24.3 Å². The number of nitrogens with zero attached hydrogens (tertiary/aromatic N) is 2. The fourth-order valence-corrected chi connectivity index (χ4v) is 2.77. The quantitative estimate of drug-likeness (QED) is 0.492. The topological polar surface area (TPSA) is 88.9 Å². The van der Waals surface area contributed by atoms with E-state index in [1.165, 1.54) is 30.5 Å². The number of rotatable bonds is 4. The lowest BCUT2D eigenvalue weighted by molar-refractivity contribution is -0.0787. The molecule has 0 fully saturated rings. The summed E-state index contributed by atoms with van der Waals surface area (Å²) in [5.41, 5.74) is 2.59. The van der Waals surface area contributed by atoms with Crippen LogP contribution in [0.1, 0.15) is 27.2 Å². The molecule has 0 atom stereocenters. The van der Waals surface area contributed by atoms with Crippen LogP contribution in [-0.2, 0) is 11.5 Å². The fraction of sp³-hybridized carbons (Fsp3) is 0.0476. The Bertz CT molecular complexity index is 1140. The molecule has 0 radical (unpaired) electrons. The first kappa shape index (κ1) is 20.0. The maximum atomic E-state index is 12.3. The van der Waals surface area contributed by atoms with E-state index < -0.39 is 5.97 Å². The summed E-state index contributed by atoms with van der Waals surface area (Å²) in [5.74, 6) is 4.74. The average molecular weight is 411 g/mol. The zero-order valence-electron chi connectivity index (χ0n) is 14.7. The lowest BCUT2D eigenvalue weighted by Gasteiger charge is -2.07. The molecule has 1 heterocycles. The normalized spacial score (nSPS) is 10.0. The Morgan fingerprint density at radius 1 is 1.14 bits per heavy atom. The minimum absolute atomic E-state index is 0.00523. The first-order valence-corrected chi connectivity index (χ1v) is 8.61. The molecule has 3 aromatic rings. The second-order valence-corrected chi connectivity index (χ2v) is 6.27. The first-order valence-electron chi connectivity index (χ1n) is 8.23. The van der Waals surface area contributed by atoms with Gasteiger partial charge in [-0.25, -0.2) is 9.74 Å². The van der Waals surface area contributed by atoms with Gasteiger partial charge in [-0.15, -0.1) is 0 Å². The van der Waals surface area contributed by atoms with Crippen LogP contribution in [0.2, 0.25) is 5.02 Å². The number of phenols is 1. The number of hydrogen-bond donors (Lipinski definition) is 1. The number of pyridine rings is 1. The molecule has 0 bridgehead atoms. The molecule has 0 saturated carbocycles. The molecule has 29 heavy (non-hydrogen) atoms. The van der Waals surface area contributed by atoms with Gasteiger partial charge in [0.15, 0.2) is 0 Å². The Hall–Kier alpha value is -3.76. The van der Waals surface area contributed by atoms with Gasteiger partial charge in [0.2, 0.25) is 0 Å². The molecule has 0 unspecified atom stereocenters. The Balaban J connectivity index is 2.08. The number of halogens is 2. The summed E-state index contributed by atoms with van der Waals surface area (Å²) in [6.07, 6.45) is 1.50. The third kappa shape index (κ3) is 4.75. The summed E-state index contributed by atoms with van der Waals surface area (Å²) in [6.45, 7) is -0.0689. The predicted octanol–water partition coefficient (Wildman–Crippen LogP) is 4.82. The van der Waals surface area contributed by atoms with Crippen LogP contribution in [0.5, 0.6) is 5.75 Å². The number of benzene rings is 2. The molecule has 0 aliphatic rings. The Morgan fingerprint density at radius 2 is 1.90 bits per heavy atom. The number of nitroso groups, excluding NO2 is 1. The molecule has 8 heteroatoms. The van der Waals surface area contributed by atoms with Crippen LogP contribution in [0, 0.1) is 16.7 Å². The SMILES string of the molecule is O=NCc1ccc(-c2cc(C(=O)OF)ccc2C#Cc2ccc(O)cc2Cl)cn1. The van der Waals surface area contributed by atoms with Gasteiger partial charge in [0.05, 0.1) is 16.3 Å². The van der Waals surface area contributed by atoms with E-state index in [0.29, 0.717) is 27.9 Å². The van der Waals surface area contributed by atoms with Crippen LogP contribution >= 0.6 is 11.6 Å². The van der Waals surface area contributed by atoms with Crippen LogP contribution in [0.3, 0.4) is 0 Å². The molecule has 0 amide bonds. The van der Waals surface area contributed by atoms with Crippen molar-refractivity contribution in [3.63, 3.8) is 0 Å². The fourth-order valence-electron chi connectivity index (χ4n) is 2.55. The third-order valence-electron chi connectivity index (χ3n) is 3.97. The molecule has 6 nitrogen and oxygen atoms in total. The van der Waals surface area contributed by atoms with Crippen LogP contribution in [0.4, 0.5) is 4.53 Å². The van der Waals surface area contributed by atoms with Crippen molar-refractivity contribution in [2.75, 3.05) is 0 Å². The highest BCUT2D eigenvalue weighted by Crippen LogP contribution is 2.26. The van der Waals surface area contributed by atoms with Gasteiger partial charge in [-0.1, -0.05) is 34.7 Å². The summed E-state index contributed by atoms with van der Waals surface area (Å²) in [5, 5.41) is 12.5. The Morgan fingerprint density at radius 3 is 2.55 bits per heavy atom. The molecule has 3 rings (SSSR count). The Kier molecular flexibility index (Phi) is 6.17. The lowest BCUT2D eigenvalue weighted by Crippen LogP contribution is -2.00. The highest BCUT2D eigenvalue weighted by molar-refractivity contribution is 6.31. The van der Waals surface area contributed by atoms with Crippen LogP contribution in [0.25, 0.3) is 11.1 Å². The average Bonchev–Trinajstić information content (AvgIpc) is 2.73. The molecule has 144 valence electrons. The minimum Gasteiger partial charge on any atom is -0.508 e. The van der Waals surface area contributed by atoms with Crippen molar-refractivity contribution in [1.82, 2.24) is 4.98 Å². The van der Waals surface area contributed by atoms with Crippen molar-refractivity contribution < 1.29 is 19.4 Å². The molecule has 0 spiro atoms. The maximum Gasteiger partial charge on any atom is 0.379 e. The van der Waals surface area contributed by atoms with Crippen molar-refractivity contribution in [2.24, 2.45) is 5.18 Å².